The molecule has 1 aliphatic heterocycles. The molecule has 0 radical (unpaired) electrons. The Morgan fingerprint density at radius 1 is 1.16 bits per heavy atom. The third-order valence-electron chi connectivity index (χ3n) is 7.20. The van der Waals surface area contributed by atoms with E-state index in [1.807, 2.05) is 11.8 Å². The van der Waals surface area contributed by atoms with Crippen LogP contribution in [0.1, 0.15) is 35.7 Å². The van der Waals surface area contributed by atoms with Gasteiger partial charge in [0.05, 0.1) is 17.2 Å². The van der Waals surface area contributed by atoms with Gasteiger partial charge in [0.1, 0.15) is 11.9 Å². The van der Waals surface area contributed by atoms with Crippen molar-refractivity contribution in [2.24, 2.45) is 11.3 Å². The van der Waals surface area contributed by atoms with Crippen molar-refractivity contribution in [1.82, 2.24) is 24.8 Å². The van der Waals surface area contributed by atoms with Crippen LogP contribution in [0.15, 0.2) is 49.1 Å². The van der Waals surface area contributed by atoms with E-state index in [2.05, 4.69) is 19.9 Å². The molecular formula is C24H22FN5O2. The van der Waals surface area contributed by atoms with E-state index in [4.69, 9.17) is 4.74 Å². The molecule has 7 nitrogen and oxygen atoms in total. The molecule has 3 aliphatic rings. The van der Waals surface area contributed by atoms with E-state index in [0.29, 0.717) is 18.5 Å². The number of hydrogen-bond donors (Lipinski definition) is 0. The SMILES string of the molecule is CCc1cnc(OC2CC34CC3CN(C(=O)c3cccc(F)c3-c3ncccn3)C24)nc1. The molecule has 1 aromatic carbocycles. The van der Waals surface area contributed by atoms with Gasteiger partial charge in [-0.15, -0.1) is 0 Å². The molecule has 6 rings (SSSR count). The molecular weight excluding hydrogens is 409 g/mol. The van der Waals surface area contributed by atoms with Gasteiger partial charge in [0.2, 0.25) is 0 Å². The topological polar surface area (TPSA) is 81.1 Å². The van der Waals surface area contributed by atoms with Gasteiger partial charge in [-0.05, 0) is 48.9 Å². The van der Waals surface area contributed by atoms with Crippen molar-refractivity contribution < 1.29 is 13.9 Å². The monoisotopic (exact) mass is 431 g/mol. The minimum atomic E-state index is -0.507. The van der Waals surface area contributed by atoms with E-state index >= 15 is 0 Å². The maximum absolute atomic E-state index is 14.8. The van der Waals surface area contributed by atoms with Crippen LogP contribution in [0.2, 0.25) is 0 Å². The first kappa shape index (κ1) is 19.3. The summed E-state index contributed by atoms with van der Waals surface area (Å²) in [6, 6.07) is 6.48. The maximum atomic E-state index is 14.8. The molecule has 1 spiro atoms. The van der Waals surface area contributed by atoms with Gasteiger partial charge in [-0.25, -0.2) is 24.3 Å². The van der Waals surface area contributed by atoms with Crippen LogP contribution < -0.4 is 4.74 Å². The van der Waals surface area contributed by atoms with Gasteiger partial charge in [0.15, 0.2) is 5.82 Å². The van der Waals surface area contributed by atoms with Crippen molar-refractivity contribution in [3.05, 3.63) is 66.0 Å². The number of rotatable bonds is 5. The summed E-state index contributed by atoms with van der Waals surface area (Å²) in [4.78, 5) is 32.5. The normalized spacial score (nSPS) is 27.3. The highest BCUT2D eigenvalue weighted by molar-refractivity contribution is 6.01. The molecule has 3 fully saturated rings. The van der Waals surface area contributed by atoms with Crippen LogP contribution >= 0.6 is 0 Å². The Labute approximate surface area is 184 Å². The average molecular weight is 431 g/mol. The second-order valence-corrected chi connectivity index (χ2v) is 8.86. The predicted octanol–water partition coefficient (Wildman–Crippen LogP) is 3.32. The van der Waals surface area contributed by atoms with Crippen LogP contribution in [-0.4, -0.2) is 49.4 Å². The summed E-state index contributed by atoms with van der Waals surface area (Å²) < 4.78 is 20.9. The van der Waals surface area contributed by atoms with E-state index in [1.54, 1.807) is 43.0 Å². The summed E-state index contributed by atoms with van der Waals surface area (Å²) in [5, 5.41) is 0. The fourth-order valence-corrected chi connectivity index (χ4v) is 5.49. The van der Waals surface area contributed by atoms with Crippen LogP contribution in [0, 0.1) is 17.2 Å². The summed E-state index contributed by atoms with van der Waals surface area (Å²) in [6.07, 6.45) is 9.33. The van der Waals surface area contributed by atoms with Crippen molar-refractivity contribution >= 4 is 5.91 Å². The van der Waals surface area contributed by atoms with Crippen LogP contribution in [0.3, 0.4) is 0 Å². The Kier molecular flexibility index (Phi) is 4.25. The van der Waals surface area contributed by atoms with Crippen molar-refractivity contribution in [1.29, 1.82) is 0 Å². The summed E-state index contributed by atoms with van der Waals surface area (Å²) in [6.45, 7) is 2.70. The first-order valence-corrected chi connectivity index (χ1v) is 10.9. The lowest BCUT2D eigenvalue weighted by Gasteiger charge is -2.46. The number of nitrogens with zero attached hydrogens (tertiary/aromatic N) is 5. The number of piperidine rings is 1. The molecule has 1 amide bonds. The molecule has 2 aromatic heterocycles. The Bertz CT molecular complexity index is 1190. The minimum Gasteiger partial charge on any atom is -0.458 e. The molecule has 3 aromatic rings. The number of ether oxygens (including phenoxy) is 1. The van der Waals surface area contributed by atoms with E-state index < -0.39 is 5.82 Å². The summed E-state index contributed by atoms with van der Waals surface area (Å²) in [7, 11) is 0. The van der Waals surface area contributed by atoms with E-state index in [0.717, 1.165) is 24.8 Å². The van der Waals surface area contributed by atoms with Crippen molar-refractivity contribution in [3.8, 4) is 17.4 Å². The molecule has 0 bridgehead atoms. The number of aromatic nitrogens is 4. The minimum absolute atomic E-state index is 0.0535. The summed E-state index contributed by atoms with van der Waals surface area (Å²) >= 11 is 0. The number of carbonyl (C=O) groups is 1. The standard InChI is InChI=1S/C24H22FN5O2/c1-2-14-11-28-23(29-12-14)32-18-10-24-9-15(24)13-30(20(18)24)22(31)16-5-3-6-17(25)19(16)21-26-7-4-8-27-21/h3-8,11-12,15,18,20H,2,9-10,13H2,1H3. The molecule has 32 heavy (non-hydrogen) atoms. The highest BCUT2D eigenvalue weighted by atomic mass is 19.1. The summed E-state index contributed by atoms with van der Waals surface area (Å²) in [5.41, 5.74) is 1.59. The number of carbonyl (C=O) groups excluding carboxylic acids is 1. The van der Waals surface area contributed by atoms with Crippen molar-refractivity contribution in [2.75, 3.05) is 6.54 Å². The van der Waals surface area contributed by atoms with Crippen molar-refractivity contribution in [2.45, 2.75) is 38.3 Å². The van der Waals surface area contributed by atoms with E-state index in [-0.39, 0.29) is 40.4 Å². The molecule has 4 unspecified atom stereocenters. The zero-order valence-corrected chi connectivity index (χ0v) is 17.6. The highest BCUT2D eigenvalue weighted by Crippen LogP contribution is 2.71. The lowest BCUT2D eigenvalue weighted by Crippen LogP contribution is -2.59. The lowest BCUT2D eigenvalue weighted by molar-refractivity contribution is -0.0367. The Balaban J connectivity index is 1.29. The molecule has 0 N–H and O–H groups in total. The quantitative estimate of drug-likeness (QED) is 0.617. The van der Waals surface area contributed by atoms with Crippen LogP contribution in [0.4, 0.5) is 4.39 Å². The summed E-state index contributed by atoms with van der Waals surface area (Å²) in [5.74, 6) is -0.0328. The zero-order chi connectivity index (χ0) is 21.9. The van der Waals surface area contributed by atoms with Crippen LogP contribution in [0.25, 0.3) is 11.4 Å². The van der Waals surface area contributed by atoms with Gasteiger partial charge in [-0.1, -0.05) is 13.0 Å². The van der Waals surface area contributed by atoms with Crippen LogP contribution in [-0.2, 0) is 6.42 Å². The number of likely N-dealkylation sites (tertiary alicyclic amines) is 1. The molecule has 2 saturated carbocycles. The van der Waals surface area contributed by atoms with Gasteiger partial charge in [0, 0.05) is 36.7 Å². The van der Waals surface area contributed by atoms with Gasteiger partial charge in [0.25, 0.3) is 5.91 Å². The van der Waals surface area contributed by atoms with Gasteiger partial charge in [-0.3, -0.25) is 4.79 Å². The number of halogens is 1. The zero-order valence-electron chi connectivity index (χ0n) is 17.6. The van der Waals surface area contributed by atoms with E-state index in [1.165, 1.54) is 6.07 Å². The number of hydrogen-bond acceptors (Lipinski definition) is 6. The van der Waals surface area contributed by atoms with Gasteiger partial charge < -0.3 is 9.64 Å². The fraction of sp³-hybridized carbons (Fsp3) is 0.375. The number of amides is 1. The third kappa shape index (κ3) is 2.82. The second-order valence-electron chi connectivity index (χ2n) is 8.86. The Morgan fingerprint density at radius 2 is 1.94 bits per heavy atom. The smallest absolute Gasteiger partial charge is 0.316 e. The average Bonchev–Trinajstić information content (AvgIpc) is 3.47. The molecule has 2 aliphatic carbocycles. The Morgan fingerprint density at radius 3 is 2.69 bits per heavy atom. The van der Waals surface area contributed by atoms with Gasteiger partial charge in [-0.2, -0.15) is 0 Å². The Hall–Kier alpha value is -3.42. The second kappa shape index (κ2) is 7.05. The number of benzene rings is 1. The lowest BCUT2D eigenvalue weighted by atomic mass is 9.73. The maximum Gasteiger partial charge on any atom is 0.316 e. The predicted molar refractivity (Wildman–Crippen MR) is 113 cm³/mol. The van der Waals surface area contributed by atoms with E-state index in [9.17, 15) is 9.18 Å². The molecule has 1 saturated heterocycles. The molecule has 162 valence electrons. The molecule has 8 heteroatoms. The molecule has 3 heterocycles. The first-order valence-electron chi connectivity index (χ1n) is 10.9. The third-order valence-corrected chi connectivity index (χ3v) is 7.20. The first-order chi connectivity index (χ1) is 15.6. The highest BCUT2D eigenvalue weighted by Gasteiger charge is 2.76. The fourth-order valence-electron chi connectivity index (χ4n) is 5.49. The largest absolute Gasteiger partial charge is 0.458 e. The molecule has 4 atom stereocenters. The number of aryl methyl sites for hydroxylation is 1. The van der Waals surface area contributed by atoms with Crippen LogP contribution in [0.5, 0.6) is 6.01 Å². The van der Waals surface area contributed by atoms with Crippen molar-refractivity contribution in [3.63, 3.8) is 0 Å². The van der Waals surface area contributed by atoms with Gasteiger partial charge >= 0.3 is 6.01 Å².